The van der Waals surface area contributed by atoms with Gasteiger partial charge >= 0.3 is 0 Å². The lowest BCUT2D eigenvalue weighted by Gasteiger charge is -2.20. The fourth-order valence-electron chi connectivity index (χ4n) is 1.60. The van der Waals surface area contributed by atoms with Gasteiger partial charge in [0.15, 0.2) is 0 Å². The molecule has 1 N–H and O–H groups in total. The third-order valence-corrected chi connectivity index (χ3v) is 2.55. The van der Waals surface area contributed by atoms with Crippen molar-refractivity contribution in [3.05, 3.63) is 35.9 Å². The molecule has 0 bridgehead atoms. The highest BCUT2D eigenvalue weighted by molar-refractivity contribution is 5.14. The molecular weight excluding hydrogens is 184 g/mol. The highest BCUT2D eigenvalue weighted by Crippen LogP contribution is 2.03. The maximum atomic E-state index is 3.36. The van der Waals surface area contributed by atoms with Crippen LogP contribution < -0.4 is 5.32 Å². The Morgan fingerprint density at radius 2 is 1.87 bits per heavy atom. The van der Waals surface area contributed by atoms with Crippen LogP contribution in [-0.4, -0.2) is 31.1 Å². The third kappa shape index (κ3) is 4.96. The molecule has 1 aromatic carbocycles. The van der Waals surface area contributed by atoms with Gasteiger partial charge in [0, 0.05) is 19.6 Å². The van der Waals surface area contributed by atoms with Crippen LogP contribution in [0.15, 0.2) is 30.3 Å². The van der Waals surface area contributed by atoms with Gasteiger partial charge in [0.05, 0.1) is 0 Å². The van der Waals surface area contributed by atoms with Crippen molar-refractivity contribution < 1.29 is 0 Å². The molecule has 0 amide bonds. The molecular formula is C13H22N2. The van der Waals surface area contributed by atoms with E-state index < -0.39 is 0 Å². The van der Waals surface area contributed by atoms with Crippen LogP contribution in [0.5, 0.6) is 0 Å². The van der Waals surface area contributed by atoms with Gasteiger partial charge in [0.25, 0.3) is 0 Å². The first-order valence-electron chi connectivity index (χ1n) is 5.83. The number of likely N-dealkylation sites (N-methyl/N-ethyl adjacent to an activating group) is 2. The molecule has 0 saturated carbocycles. The second-order valence-corrected chi connectivity index (χ2v) is 3.71. The summed E-state index contributed by atoms with van der Waals surface area (Å²) in [7, 11) is 0. The van der Waals surface area contributed by atoms with E-state index in [1.807, 2.05) is 0 Å². The van der Waals surface area contributed by atoms with Gasteiger partial charge in [-0.3, -0.25) is 4.90 Å². The van der Waals surface area contributed by atoms with Crippen LogP contribution in [-0.2, 0) is 6.54 Å². The van der Waals surface area contributed by atoms with Crippen LogP contribution in [0, 0.1) is 0 Å². The summed E-state index contributed by atoms with van der Waals surface area (Å²) in [5.74, 6) is 0. The average molecular weight is 206 g/mol. The maximum absolute atomic E-state index is 3.36. The molecule has 2 nitrogen and oxygen atoms in total. The van der Waals surface area contributed by atoms with Crippen molar-refractivity contribution in [2.24, 2.45) is 0 Å². The first-order valence-corrected chi connectivity index (χ1v) is 5.83. The lowest BCUT2D eigenvalue weighted by atomic mass is 10.2. The summed E-state index contributed by atoms with van der Waals surface area (Å²) in [6.45, 7) is 9.80. The van der Waals surface area contributed by atoms with Crippen LogP contribution in [0.4, 0.5) is 0 Å². The quantitative estimate of drug-likeness (QED) is 0.687. The maximum Gasteiger partial charge on any atom is 0.0234 e. The molecule has 0 radical (unpaired) electrons. The van der Waals surface area contributed by atoms with Crippen molar-refractivity contribution in [1.29, 1.82) is 0 Å². The molecule has 1 rings (SSSR count). The van der Waals surface area contributed by atoms with Gasteiger partial charge in [0.1, 0.15) is 0 Å². The van der Waals surface area contributed by atoms with E-state index in [1.165, 1.54) is 5.56 Å². The van der Waals surface area contributed by atoms with Gasteiger partial charge in [-0.15, -0.1) is 0 Å². The normalized spacial score (nSPS) is 10.9. The molecule has 0 unspecified atom stereocenters. The fraction of sp³-hybridized carbons (Fsp3) is 0.538. The van der Waals surface area contributed by atoms with Crippen molar-refractivity contribution in [2.45, 2.75) is 20.4 Å². The molecule has 0 aliphatic carbocycles. The summed E-state index contributed by atoms with van der Waals surface area (Å²) in [6, 6.07) is 10.7. The number of nitrogens with one attached hydrogen (secondary N) is 1. The highest BCUT2D eigenvalue weighted by Gasteiger charge is 2.01. The van der Waals surface area contributed by atoms with Crippen LogP contribution in [0.3, 0.4) is 0 Å². The Labute approximate surface area is 93.3 Å². The Morgan fingerprint density at radius 3 is 2.47 bits per heavy atom. The van der Waals surface area contributed by atoms with E-state index in [9.17, 15) is 0 Å². The summed E-state index contributed by atoms with van der Waals surface area (Å²) < 4.78 is 0. The van der Waals surface area contributed by atoms with Gasteiger partial charge in [0.2, 0.25) is 0 Å². The van der Waals surface area contributed by atoms with Gasteiger partial charge in [-0.1, -0.05) is 44.2 Å². The number of hydrogen-bond acceptors (Lipinski definition) is 2. The van der Waals surface area contributed by atoms with Gasteiger partial charge in [-0.2, -0.15) is 0 Å². The predicted molar refractivity (Wildman–Crippen MR) is 65.9 cm³/mol. The molecule has 0 aliphatic rings. The van der Waals surface area contributed by atoms with Crippen molar-refractivity contribution in [1.82, 2.24) is 10.2 Å². The molecule has 0 heterocycles. The number of rotatable bonds is 7. The largest absolute Gasteiger partial charge is 0.316 e. The molecule has 0 saturated heterocycles. The minimum Gasteiger partial charge on any atom is -0.316 e. The summed E-state index contributed by atoms with van der Waals surface area (Å²) in [5.41, 5.74) is 1.40. The standard InChI is InChI=1S/C13H22N2/c1-3-14-10-11-15(4-2)12-13-8-6-5-7-9-13/h5-9,14H,3-4,10-12H2,1-2H3. The molecule has 2 heteroatoms. The molecule has 15 heavy (non-hydrogen) atoms. The number of hydrogen-bond donors (Lipinski definition) is 1. The van der Waals surface area contributed by atoms with Crippen molar-refractivity contribution in [3.63, 3.8) is 0 Å². The fourth-order valence-corrected chi connectivity index (χ4v) is 1.60. The third-order valence-electron chi connectivity index (χ3n) is 2.55. The molecule has 1 aromatic rings. The van der Waals surface area contributed by atoms with Crippen LogP contribution in [0.2, 0.25) is 0 Å². The van der Waals surface area contributed by atoms with Crippen LogP contribution in [0.1, 0.15) is 19.4 Å². The highest BCUT2D eigenvalue weighted by atomic mass is 15.1. The zero-order valence-electron chi connectivity index (χ0n) is 9.87. The minimum absolute atomic E-state index is 1.06. The first-order chi connectivity index (χ1) is 7.36. The Balaban J connectivity index is 2.33. The van der Waals surface area contributed by atoms with Gasteiger partial charge in [-0.25, -0.2) is 0 Å². The second-order valence-electron chi connectivity index (χ2n) is 3.71. The Kier molecular flexibility index (Phi) is 6.05. The zero-order valence-corrected chi connectivity index (χ0v) is 9.87. The molecule has 0 fully saturated rings. The summed E-state index contributed by atoms with van der Waals surface area (Å²) in [4.78, 5) is 2.46. The van der Waals surface area contributed by atoms with Gasteiger partial charge in [-0.05, 0) is 18.7 Å². The van der Waals surface area contributed by atoms with E-state index in [-0.39, 0.29) is 0 Å². The Bertz CT molecular complexity index is 246. The lowest BCUT2D eigenvalue weighted by Crippen LogP contribution is -2.31. The van der Waals surface area contributed by atoms with E-state index in [2.05, 4.69) is 54.4 Å². The number of nitrogens with zero attached hydrogens (tertiary/aromatic N) is 1. The van der Waals surface area contributed by atoms with Crippen molar-refractivity contribution >= 4 is 0 Å². The van der Waals surface area contributed by atoms with Crippen molar-refractivity contribution in [3.8, 4) is 0 Å². The summed E-state index contributed by atoms with van der Waals surface area (Å²) in [6.07, 6.45) is 0. The van der Waals surface area contributed by atoms with E-state index in [0.29, 0.717) is 0 Å². The Hall–Kier alpha value is -0.860. The van der Waals surface area contributed by atoms with Crippen molar-refractivity contribution in [2.75, 3.05) is 26.2 Å². The van der Waals surface area contributed by atoms with E-state index in [0.717, 1.165) is 32.7 Å². The molecule has 0 spiro atoms. The average Bonchev–Trinajstić information content (AvgIpc) is 2.29. The first kappa shape index (κ1) is 12.2. The Morgan fingerprint density at radius 1 is 1.13 bits per heavy atom. The van der Waals surface area contributed by atoms with E-state index in [1.54, 1.807) is 0 Å². The van der Waals surface area contributed by atoms with Crippen LogP contribution >= 0.6 is 0 Å². The van der Waals surface area contributed by atoms with E-state index >= 15 is 0 Å². The topological polar surface area (TPSA) is 15.3 Å². The molecule has 0 aromatic heterocycles. The lowest BCUT2D eigenvalue weighted by molar-refractivity contribution is 0.280. The van der Waals surface area contributed by atoms with Gasteiger partial charge < -0.3 is 5.32 Å². The SMILES string of the molecule is CCNCCN(CC)Cc1ccccc1. The number of benzene rings is 1. The molecule has 0 aliphatic heterocycles. The molecule has 0 atom stereocenters. The van der Waals surface area contributed by atoms with E-state index in [4.69, 9.17) is 0 Å². The monoisotopic (exact) mass is 206 g/mol. The zero-order chi connectivity index (χ0) is 10.9. The molecule has 84 valence electrons. The summed E-state index contributed by atoms with van der Waals surface area (Å²) >= 11 is 0. The summed E-state index contributed by atoms with van der Waals surface area (Å²) in [5, 5.41) is 3.36. The van der Waals surface area contributed by atoms with Crippen LogP contribution in [0.25, 0.3) is 0 Å². The minimum atomic E-state index is 1.06. The second kappa shape index (κ2) is 7.43. The predicted octanol–water partition coefficient (Wildman–Crippen LogP) is 2.12. The smallest absolute Gasteiger partial charge is 0.0234 e.